The van der Waals surface area contributed by atoms with Crippen molar-refractivity contribution in [3.05, 3.63) is 52.9 Å². The Morgan fingerprint density at radius 2 is 2.15 bits per heavy atom. The van der Waals surface area contributed by atoms with Gasteiger partial charge in [-0.3, -0.25) is 0 Å². The van der Waals surface area contributed by atoms with Crippen molar-refractivity contribution < 1.29 is 0 Å². The molecule has 0 aliphatic rings. The molecule has 0 heterocycles. The average Bonchev–Trinajstić information content (AvgIpc) is 2.19. The number of nitrogens with zero attached hydrogens (tertiary/aromatic N) is 3. The van der Waals surface area contributed by atoms with E-state index in [9.17, 15) is 0 Å². The maximum Gasteiger partial charge on any atom is 0.0453 e. The SMILES string of the molecule is [N-]=[N+]=Nc1cccc2[c]cccc12. The van der Waals surface area contributed by atoms with Crippen molar-refractivity contribution in [1.29, 1.82) is 0 Å². The Kier molecular flexibility index (Phi) is 1.87. The molecule has 3 heteroatoms. The first-order valence-corrected chi connectivity index (χ1v) is 3.86. The fourth-order valence-corrected chi connectivity index (χ4v) is 1.27. The van der Waals surface area contributed by atoms with E-state index in [0.717, 1.165) is 10.8 Å². The van der Waals surface area contributed by atoms with Gasteiger partial charge in [0, 0.05) is 10.6 Å². The van der Waals surface area contributed by atoms with E-state index in [4.69, 9.17) is 5.53 Å². The molecule has 61 valence electrons. The van der Waals surface area contributed by atoms with Crippen molar-refractivity contribution in [1.82, 2.24) is 0 Å². The largest absolute Gasteiger partial charge is 0.0611 e. The third kappa shape index (κ3) is 1.33. The Morgan fingerprint density at radius 1 is 1.23 bits per heavy atom. The third-order valence-corrected chi connectivity index (χ3v) is 1.83. The van der Waals surface area contributed by atoms with Gasteiger partial charge in [0.1, 0.15) is 0 Å². The maximum atomic E-state index is 8.33. The minimum atomic E-state index is 0.650. The highest BCUT2D eigenvalue weighted by Crippen LogP contribution is 2.24. The molecular formula is C10H6N3. The molecule has 0 fully saturated rings. The van der Waals surface area contributed by atoms with Crippen LogP contribution in [0.25, 0.3) is 21.2 Å². The van der Waals surface area contributed by atoms with Crippen LogP contribution in [0.15, 0.2) is 41.5 Å². The van der Waals surface area contributed by atoms with E-state index in [1.165, 1.54) is 0 Å². The van der Waals surface area contributed by atoms with Crippen LogP contribution < -0.4 is 0 Å². The lowest BCUT2D eigenvalue weighted by atomic mass is 10.1. The number of azide groups is 1. The molecule has 0 unspecified atom stereocenters. The van der Waals surface area contributed by atoms with E-state index < -0.39 is 0 Å². The van der Waals surface area contributed by atoms with Gasteiger partial charge in [-0.1, -0.05) is 41.5 Å². The second-order valence-electron chi connectivity index (χ2n) is 2.60. The molecule has 0 aromatic heterocycles. The molecule has 0 aliphatic carbocycles. The normalized spacial score (nSPS) is 9.54. The van der Waals surface area contributed by atoms with Gasteiger partial charge in [0.15, 0.2) is 0 Å². The Bertz CT molecular complexity index is 479. The third-order valence-electron chi connectivity index (χ3n) is 1.83. The summed E-state index contributed by atoms with van der Waals surface area (Å²) < 4.78 is 0. The molecule has 1 radical (unpaired) electrons. The summed E-state index contributed by atoms with van der Waals surface area (Å²) in [6.07, 6.45) is 0. The zero-order valence-electron chi connectivity index (χ0n) is 6.81. The fourth-order valence-electron chi connectivity index (χ4n) is 1.27. The van der Waals surface area contributed by atoms with Crippen molar-refractivity contribution in [2.75, 3.05) is 0 Å². The first-order chi connectivity index (χ1) is 6.42. The topological polar surface area (TPSA) is 48.8 Å². The molecular weight excluding hydrogens is 162 g/mol. The van der Waals surface area contributed by atoms with E-state index in [2.05, 4.69) is 16.1 Å². The standard InChI is InChI=1S/C10H6N3/c11-13-12-10-7-3-5-8-4-1-2-6-9(8)10/h1-3,5-7H. The van der Waals surface area contributed by atoms with Crippen LogP contribution in [-0.2, 0) is 0 Å². The lowest BCUT2D eigenvalue weighted by Gasteiger charge is -1.98. The highest BCUT2D eigenvalue weighted by Gasteiger charge is 1.95. The summed E-state index contributed by atoms with van der Waals surface area (Å²) in [5.74, 6) is 0. The Balaban J connectivity index is 2.82. The first-order valence-electron chi connectivity index (χ1n) is 3.86. The highest BCUT2D eigenvalue weighted by molar-refractivity contribution is 5.91. The molecule has 0 N–H and O–H groups in total. The van der Waals surface area contributed by atoms with Gasteiger partial charge in [0.25, 0.3) is 0 Å². The minimum absolute atomic E-state index is 0.650. The number of rotatable bonds is 1. The van der Waals surface area contributed by atoms with Gasteiger partial charge in [-0.15, -0.1) is 0 Å². The second-order valence-corrected chi connectivity index (χ2v) is 2.60. The van der Waals surface area contributed by atoms with Crippen LogP contribution in [-0.4, -0.2) is 0 Å². The zero-order chi connectivity index (χ0) is 9.10. The van der Waals surface area contributed by atoms with Gasteiger partial charge in [-0.25, -0.2) is 0 Å². The van der Waals surface area contributed by atoms with E-state index >= 15 is 0 Å². The second kappa shape index (κ2) is 3.17. The van der Waals surface area contributed by atoms with Gasteiger partial charge in [0.2, 0.25) is 0 Å². The molecule has 13 heavy (non-hydrogen) atoms. The molecule has 0 saturated heterocycles. The van der Waals surface area contributed by atoms with Crippen LogP contribution in [0.5, 0.6) is 0 Å². The molecule has 0 bridgehead atoms. The van der Waals surface area contributed by atoms with Crippen molar-refractivity contribution in [3.8, 4) is 0 Å². The fraction of sp³-hybridized carbons (Fsp3) is 0. The summed E-state index contributed by atoms with van der Waals surface area (Å²) in [5.41, 5.74) is 8.98. The number of hydrogen-bond acceptors (Lipinski definition) is 1. The van der Waals surface area contributed by atoms with Crippen molar-refractivity contribution in [3.63, 3.8) is 0 Å². The Labute approximate surface area is 75.2 Å². The summed E-state index contributed by atoms with van der Waals surface area (Å²) in [6, 6.07) is 14.3. The Morgan fingerprint density at radius 3 is 3.00 bits per heavy atom. The predicted molar refractivity (Wildman–Crippen MR) is 51.6 cm³/mol. The average molecular weight is 168 g/mol. The summed E-state index contributed by atoms with van der Waals surface area (Å²) in [7, 11) is 0. The van der Waals surface area contributed by atoms with E-state index in [0.29, 0.717) is 5.69 Å². The summed E-state index contributed by atoms with van der Waals surface area (Å²) >= 11 is 0. The van der Waals surface area contributed by atoms with Crippen molar-refractivity contribution >= 4 is 16.5 Å². The number of benzene rings is 2. The van der Waals surface area contributed by atoms with Crippen LogP contribution in [0, 0.1) is 6.07 Å². The first kappa shape index (κ1) is 7.65. The summed E-state index contributed by atoms with van der Waals surface area (Å²) in [4.78, 5) is 2.77. The summed E-state index contributed by atoms with van der Waals surface area (Å²) in [5, 5.41) is 5.49. The van der Waals surface area contributed by atoms with Crippen LogP contribution in [0.3, 0.4) is 0 Å². The van der Waals surface area contributed by atoms with Crippen LogP contribution >= 0.6 is 0 Å². The smallest absolute Gasteiger partial charge is 0.0453 e. The van der Waals surface area contributed by atoms with Crippen LogP contribution in [0.4, 0.5) is 5.69 Å². The summed E-state index contributed by atoms with van der Waals surface area (Å²) in [6.45, 7) is 0. The van der Waals surface area contributed by atoms with E-state index in [-0.39, 0.29) is 0 Å². The maximum absolute atomic E-state index is 8.33. The van der Waals surface area contributed by atoms with Gasteiger partial charge in [-0.05, 0) is 22.4 Å². The number of fused-ring (bicyclic) bond motifs is 1. The van der Waals surface area contributed by atoms with Crippen LogP contribution in [0.2, 0.25) is 0 Å². The Hall–Kier alpha value is -1.99. The van der Waals surface area contributed by atoms with Crippen LogP contribution in [0.1, 0.15) is 0 Å². The molecule has 2 rings (SSSR count). The lowest BCUT2D eigenvalue weighted by molar-refractivity contribution is 1.51. The van der Waals surface area contributed by atoms with Gasteiger partial charge >= 0.3 is 0 Å². The highest BCUT2D eigenvalue weighted by atomic mass is 15.1. The quantitative estimate of drug-likeness (QED) is 0.355. The molecule has 3 nitrogen and oxygen atoms in total. The van der Waals surface area contributed by atoms with Gasteiger partial charge < -0.3 is 0 Å². The monoisotopic (exact) mass is 168 g/mol. The van der Waals surface area contributed by atoms with Gasteiger partial charge in [-0.2, -0.15) is 0 Å². The molecule has 0 saturated carbocycles. The van der Waals surface area contributed by atoms with Gasteiger partial charge in [0.05, 0.1) is 0 Å². The molecule has 0 atom stereocenters. The van der Waals surface area contributed by atoms with E-state index in [1.807, 2.05) is 30.3 Å². The lowest BCUT2D eigenvalue weighted by Crippen LogP contribution is -1.71. The predicted octanol–water partition coefficient (Wildman–Crippen LogP) is 3.58. The van der Waals surface area contributed by atoms with Crippen molar-refractivity contribution in [2.24, 2.45) is 5.11 Å². The molecule has 2 aromatic carbocycles. The van der Waals surface area contributed by atoms with E-state index in [1.54, 1.807) is 6.07 Å². The molecule has 0 amide bonds. The molecule has 2 aromatic rings. The minimum Gasteiger partial charge on any atom is -0.0611 e. The zero-order valence-corrected chi connectivity index (χ0v) is 6.81. The molecule has 0 aliphatic heterocycles. The molecule has 0 spiro atoms. The van der Waals surface area contributed by atoms with Crippen molar-refractivity contribution in [2.45, 2.75) is 0 Å². The number of hydrogen-bond donors (Lipinski definition) is 0.